The van der Waals surface area contributed by atoms with E-state index in [1.165, 1.54) is 11.6 Å². The lowest BCUT2D eigenvalue weighted by atomic mass is 9.96. The van der Waals surface area contributed by atoms with Crippen LogP contribution in [0.1, 0.15) is 18.9 Å². The van der Waals surface area contributed by atoms with E-state index in [9.17, 15) is 22.0 Å². The van der Waals surface area contributed by atoms with Crippen LogP contribution in [0.15, 0.2) is 66.7 Å². The van der Waals surface area contributed by atoms with Gasteiger partial charge in [0.05, 0.1) is 0 Å². The first-order valence-electron chi connectivity index (χ1n) is 10.2. The number of ether oxygens (including phenoxy) is 1. The van der Waals surface area contributed by atoms with Crippen LogP contribution in [0, 0.1) is 17.5 Å². The van der Waals surface area contributed by atoms with Crippen LogP contribution in [0.25, 0.3) is 33.0 Å². The van der Waals surface area contributed by atoms with Gasteiger partial charge in [-0.05, 0) is 52.3 Å². The lowest BCUT2D eigenvalue weighted by molar-refractivity contribution is -0.276. The second kappa shape index (κ2) is 8.81. The molecule has 0 saturated heterocycles. The van der Waals surface area contributed by atoms with Gasteiger partial charge < -0.3 is 4.74 Å². The first-order valence-corrected chi connectivity index (χ1v) is 10.2. The van der Waals surface area contributed by atoms with Gasteiger partial charge in [0, 0.05) is 10.9 Å². The van der Waals surface area contributed by atoms with Gasteiger partial charge in [0.15, 0.2) is 11.6 Å². The van der Waals surface area contributed by atoms with Gasteiger partial charge in [0.2, 0.25) is 5.75 Å². The summed E-state index contributed by atoms with van der Waals surface area (Å²) >= 11 is 0. The fourth-order valence-electron chi connectivity index (χ4n) is 3.78. The molecule has 0 spiro atoms. The van der Waals surface area contributed by atoms with E-state index in [0.29, 0.717) is 17.5 Å². The van der Waals surface area contributed by atoms with E-state index >= 15 is 4.39 Å². The molecule has 0 amide bonds. The molecule has 0 heterocycles. The van der Waals surface area contributed by atoms with Gasteiger partial charge in [-0.25, -0.2) is 13.2 Å². The monoisotopic (exact) mass is 460 g/mol. The van der Waals surface area contributed by atoms with Gasteiger partial charge in [-0.15, -0.1) is 13.2 Å². The third kappa shape index (κ3) is 4.82. The predicted octanol–water partition coefficient (Wildman–Crippen LogP) is 8.44. The molecule has 0 radical (unpaired) electrons. The summed E-state index contributed by atoms with van der Waals surface area (Å²) in [5, 5.41) is 0.791. The molecule has 170 valence electrons. The molecule has 0 aliphatic carbocycles. The summed E-state index contributed by atoms with van der Waals surface area (Å²) in [7, 11) is 0. The number of fused-ring (bicyclic) bond motifs is 1. The lowest BCUT2D eigenvalue weighted by Gasteiger charge is -2.13. The minimum absolute atomic E-state index is 0.143. The van der Waals surface area contributed by atoms with Crippen molar-refractivity contribution in [3.63, 3.8) is 0 Å². The fraction of sp³-hybridized carbons (Fsp3) is 0.154. The van der Waals surface area contributed by atoms with Crippen LogP contribution in [-0.4, -0.2) is 6.36 Å². The highest BCUT2D eigenvalue weighted by atomic mass is 19.4. The van der Waals surface area contributed by atoms with Crippen LogP contribution in [0.5, 0.6) is 5.75 Å². The number of halogens is 6. The third-order valence-corrected chi connectivity index (χ3v) is 5.31. The lowest BCUT2D eigenvalue weighted by Crippen LogP contribution is -2.19. The smallest absolute Gasteiger partial charge is 0.399 e. The predicted molar refractivity (Wildman–Crippen MR) is 115 cm³/mol. The summed E-state index contributed by atoms with van der Waals surface area (Å²) in [6.07, 6.45) is -3.23. The standard InChI is InChI=1S/C26H18F6O/c1-2-3-15-4-6-16(7-5-15)17-8-10-20-18(12-17)9-11-21(24(20)29)19-13-22(27)25(23(28)14-19)33-26(30,31)32/h4-14H,2-3H2,1H3. The van der Waals surface area contributed by atoms with E-state index in [2.05, 4.69) is 11.7 Å². The van der Waals surface area contributed by atoms with Crippen molar-refractivity contribution in [2.24, 2.45) is 0 Å². The summed E-state index contributed by atoms with van der Waals surface area (Å²) in [6.45, 7) is 2.10. The molecular weight excluding hydrogens is 442 g/mol. The van der Waals surface area contributed by atoms with Gasteiger partial charge in [-0.2, -0.15) is 0 Å². The van der Waals surface area contributed by atoms with Crippen molar-refractivity contribution < 1.29 is 31.1 Å². The molecule has 0 atom stereocenters. The van der Waals surface area contributed by atoms with Crippen LogP contribution in [0.3, 0.4) is 0 Å². The molecule has 7 heteroatoms. The van der Waals surface area contributed by atoms with Crippen LogP contribution in [0.2, 0.25) is 0 Å². The van der Waals surface area contributed by atoms with Crippen molar-refractivity contribution in [3.05, 3.63) is 89.7 Å². The maximum atomic E-state index is 15.2. The first-order chi connectivity index (χ1) is 15.7. The maximum Gasteiger partial charge on any atom is 0.573 e. The second-order valence-corrected chi connectivity index (χ2v) is 7.63. The van der Waals surface area contributed by atoms with Crippen molar-refractivity contribution in [2.75, 3.05) is 0 Å². The Bertz CT molecular complexity index is 1290. The molecule has 4 rings (SSSR count). The molecule has 1 nitrogen and oxygen atoms in total. The third-order valence-electron chi connectivity index (χ3n) is 5.31. The average Bonchev–Trinajstić information content (AvgIpc) is 2.76. The highest BCUT2D eigenvalue weighted by molar-refractivity contribution is 5.91. The van der Waals surface area contributed by atoms with E-state index in [4.69, 9.17) is 0 Å². The number of hydrogen-bond acceptors (Lipinski definition) is 1. The summed E-state index contributed by atoms with van der Waals surface area (Å²) in [6, 6.07) is 17.3. The quantitative estimate of drug-likeness (QED) is 0.272. The molecule has 0 saturated carbocycles. The highest BCUT2D eigenvalue weighted by Gasteiger charge is 2.34. The molecule has 0 fully saturated rings. The minimum Gasteiger partial charge on any atom is -0.399 e. The molecule has 4 aromatic rings. The van der Waals surface area contributed by atoms with Crippen LogP contribution in [-0.2, 0) is 6.42 Å². The Labute approximate surface area is 186 Å². The van der Waals surface area contributed by atoms with Gasteiger partial charge >= 0.3 is 6.36 Å². The van der Waals surface area contributed by atoms with E-state index in [1.54, 1.807) is 24.3 Å². The largest absolute Gasteiger partial charge is 0.573 e. The Hall–Kier alpha value is -3.48. The van der Waals surface area contributed by atoms with E-state index in [1.807, 2.05) is 24.3 Å². The van der Waals surface area contributed by atoms with Gasteiger partial charge in [-0.3, -0.25) is 0 Å². The zero-order valence-corrected chi connectivity index (χ0v) is 17.4. The Morgan fingerprint density at radius 1 is 0.727 bits per heavy atom. The molecule has 0 aromatic heterocycles. The topological polar surface area (TPSA) is 9.23 Å². The molecule has 4 aromatic carbocycles. The fourth-order valence-corrected chi connectivity index (χ4v) is 3.78. The van der Waals surface area contributed by atoms with Crippen LogP contribution < -0.4 is 4.74 Å². The molecule has 33 heavy (non-hydrogen) atoms. The minimum atomic E-state index is -5.26. The molecule has 0 bridgehead atoms. The van der Waals surface area contributed by atoms with Crippen LogP contribution in [0.4, 0.5) is 26.3 Å². The maximum absolute atomic E-state index is 15.2. The zero-order valence-electron chi connectivity index (χ0n) is 17.4. The molecule has 0 aliphatic rings. The van der Waals surface area contributed by atoms with E-state index in [-0.39, 0.29) is 16.5 Å². The number of aryl methyl sites for hydroxylation is 1. The molecule has 0 unspecified atom stereocenters. The number of hydrogen-bond donors (Lipinski definition) is 0. The Morgan fingerprint density at radius 3 is 1.97 bits per heavy atom. The summed E-state index contributed by atoms with van der Waals surface area (Å²) in [4.78, 5) is 0. The molecule has 0 N–H and O–H groups in total. The summed E-state index contributed by atoms with van der Waals surface area (Å²) in [5.41, 5.74) is 2.68. The van der Waals surface area contributed by atoms with Crippen LogP contribution >= 0.6 is 0 Å². The number of rotatable bonds is 5. The normalized spacial score (nSPS) is 11.7. The van der Waals surface area contributed by atoms with Crippen molar-refractivity contribution in [2.45, 2.75) is 26.1 Å². The van der Waals surface area contributed by atoms with Crippen molar-refractivity contribution in [1.82, 2.24) is 0 Å². The summed E-state index contributed by atoms with van der Waals surface area (Å²) < 4.78 is 83.9. The Morgan fingerprint density at radius 2 is 1.36 bits per heavy atom. The first kappa shape index (κ1) is 22.7. The number of benzene rings is 4. The molecule has 0 aliphatic heterocycles. The van der Waals surface area contributed by atoms with E-state index < -0.39 is 29.6 Å². The Kier molecular flexibility index (Phi) is 6.06. The molecular formula is C26H18F6O. The van der Waals surface area contributed by atoms with Gasteiger partial charge in [0.1, 0.15) is 5.82 Å². The Balaban J connectivity index is 1.71. The second-order valence-electron chi connectivity index (χ2n) is 7.63. The van der Waals surface area contributed by atoms with Crippen molar-refractivity contribution in [1.29, 1.82) is 0 Å². The highest BCUT2D eigenvalue weighted by Crippen LogP contribution is 2.36. The average molecular weight is 460 g/mol. The summed E-state index contributed by atoms with van der Waals surface area (Å²) in [5.74, 6) is -5.48. The zero-order chi connectivity index (χ0) is 23.8. The van der Waals surface area contributed by atoms with Gasteiger partial charge in [0.25, 0.3) is 0 Å². The SMILES string of the molecule is CCCc1ccc(-c2ccc3c(F)c(-c4cc(F)c(OC(F)(F)F)c(F)c4)ccc3c2)cc1. The van der Waals surface area contributed by atoms with E-state index in [0.717, 1.165) is 24.0 Å². The number of alkyl halides is 3. The van der Waals surface area contributed by atoms with Crippen molar-refractivity contribution >= 4 is 10.8 Å². The van der Waals surface area contributed by atoms with Crippen molar-refractivity contribution in [3.8, 4) is 28.0 Å². The van der Waals surface area contributed by atoms with Gasteiger partial charge in [-0.1, -0.05) is 61.9 Å².